The van der Waals surface area contributed by atoms with Gasteiger partial charge in [0.1, 0.15) is 0 Å². The molecule has 0 heterocycles. The maximum absolute atomic E-state index is 2.48. The molecule has 4 atom stereocenters. The van der Waals surface area contributed by atoms with E-state index in [2.05, 4.69) is 27.7 Å². The van der Waals surface area contributed by atoms with Gasteiger partial charge in [-0.1, -0.05) is 53.4 Å². The average molecular weight is 182 g/mol. The van der Waals surface area contributed by atoms with E-state index in [0.29, 0.717) is 0 Å². The molecule has 1 saturated carbocycles. The van der Waals surface area contributed by atoms with Gasteiger partial charge in [-0.2, -0.15) is 0 Å². The lowest BCUT2D eigenvalue weighted by Crippen LogP contribution is -2.31. The monoisotopic (exact) mass is 182 g/mol. The molecule has 1 rings (SSSR count). The van der Waals surface area contributed by atoms with Crippen molar-refractivity contribution in [1.29, 1.82) is 0 Å². The van der Waals surface area contributed by atoms with E-state index < -0.39 is 0 Å². The van der Waals surface area contributed by atoms with Crippen molar-refractivity contribution in [2.45, 2.75) is 59.8 Å². The zero-order valence-electron chi connectivity index (χ0n) is 9.84. The topological polar surface area (TPSA) is 0 Å². The molecule has 0 aliphatic heterocycles. The first kappa shape index (κ1) is 11.1. The van der Waals surface area contributed by atoms with Crippen LogP contribution in [0.25, 0.3) is 0 Å². The summed E-state index contributed by atoms with van der Waals surface area (Å²) in [5.74, 6) is 4.00. The first-order valence-electron chi connectivity index (χ1n) is 6.20. The van der Waals surface area contributed by atoms with Crippen LogP contribution in [0.4, 0.5) is 0 Å². The quantitative estimate of drug-likeness (QED) is 0.603. The van der Waals surface area contributed by atoms with E-state index in [-0.39, 0.29) is 0 Å². The zero-order chi connectivity index (χ0) is 9.84. The lowest BCUT2D eigenvalue weighted by atomic mass is 9.65. The Kier molecular flexibility index (Phi) is 4.28. The standard InChI is InChI=1S/C13H26/c1-5-7-13-11(4)10(3)8-9-12(13)6-2/h10-13H,5-9H2,1-4H3. The Balaban J connectivity index is 2.57. The van der Waals surface area contributed by atoms with E-state index >= 15 is 0 Å². The molecule has 0 N–H and O–H groups in total. The minimum Gasteiger partial charge on any atom is -0.0654 e. The molecule has 0 spiro atoms. The van der Waals surface area contributed by atoms with Gasteiger partial charge >= 0.3 is 0 Å². The van der Waals surface area contributed by atoms with Crippen molar-refractivity contribution in [1.82, 2.24) is 0 Å². The summed E-state index contributed by atoms with van der Waals surface area (Å²) < 4.78 is 0. The summed E-state index contributed by atoms with van der Waals surface area (Å²) in [6.45, 7) is 9.63. The molecule has 4 unspecified atom stereocenters. The van der Waals surface area contributed by atoms with Gasteiger partial charge in [0.25, 0.3) is 0 Å². The van der Waals surface area contributed by atoms with Crippen LogP contribution in [0.3, 0.4) is 0 Å². The summed E-state index contributed by atoms with van der Waals surface area (Å²) in [6.07, 6.45) is 7.20. The third kappa shape index (κ3) is 2.48. The van der Waals surface area contributed by atoms with Gasteiger partial charge in [-0.15, -0.1) is 0 Å². The molecule has 0 aromatic rings. The SMILES string of the molecule is CCCC1C(CC)CCC(C)C1C. The highest BCUT2D eigenvalue weighted by molar-refractivity contribution is 4.82. The Hall–Kier alpha value is 0. The summed E-state index contributed by atoms with van der Waals surface area (Å²) >= 11 is 0. The summed E-state index contributed by atoms with van der Waals surface area (Å²) in [5, 5.41) is 0. The molecule has 0 aromatic heterocycles. The van der Waals surface area contributed by atoms with Crippen LogP contribution in [-0.2, 0) is 0 Å². The van der Waals surface area contributed by atoms with Crippen LogP contribution in [0.5, 0.6) is 0 Å². The Bertz CT molecular complexity index is 137. The minimum atomic E-state index is 0.971. The van der Waals surface area contributed by atoms with Crippen LogP contribution in [0.15, 0.2) is 0 Å². The maximum Gasteiger partial charge on any atom is -0.0358 e. The number of rotatable bonds is 3. The second-order valence-electron chi connectivity index (χ2n) is 5.03. The molecule has 0 heteroatoms. The van der Waals surface area contributed by atoms with Crippen molar-refractivity contribution in [3.63, 3.8) is 0 Å². The van der Waals surface area contributed by atoms with Gasteiger partial charge < -0.3 is 0 Å². The molecule has 0 aromatic carbocycles. The van der Waals surface area contributed by atoms with Crippen molar-refractivity contribution >= 4 is 0 Å². The van der Waals surface area contributed by atoms with E-state index in [1.54, 1.807) is 0 Å². The molecule has 0 bridgehead atoms. The molecule has 0 nitrogen and oxygen atoms in total. The molecule has 1 aliphatic carbocycles. The summed E-state index contributed by atoms with van der Waals surface area (Å²) in [4.78, 5) is 0. The fourth-order valence-electron chi connectivity index (χ4n) is 3.14. The lowest BCUT2D eigenvalue weighted by Gasteiger charge is -2.40. The molecule has 0 radical (unpaired) electrons. The van der Waals surface area contributed by atoms with Crippen molar-refractivity contribution in [3.05, 3.63) is 0 Å². The van der Waals surface area contributed by atoms with Crippen molar-refractivity contribution < 1.29 is 0 Å². The lowest BCUT2D eigenvalue weighted by molar-refractivity contribution is 0.0999. The fraction of sp³-hybridized carbons (Fsp3) is 1.00. The second-order valence-corrected chi connectivity index (χ2v) is 5.03. The van der Waals surface area contributed by atoms with Crippen LogP contribution in [0, 0.1) is 23.7 Å². The molecule has 0 amide bonds. The zero-order valence-corrected chi connectivity index (χ0v) is 9.84. The molecule has 1 fully saturated rings. The van der Waals surface area contributed by atoms with E-state index in [1.807, 2.05) is 0 Å². The Morgan fingerprint density at radius 3 is 2.31 bits per heavy atom. The molecule has 13 heavy (non-hydrogen) atoms. The summed E-state index contributed by atoms with van der Waals surface area (Å²) in [6, 6.07) is 0. The summed E-state index contributed by atoms with van der Waals surface area (Å²) in [7, 11) is 0. The van der Waals surface area contributed by atoms with E-state index in [1.165, 1.54) is 32.1 Å². The van der Waals surface area contributed by atoms with Gasteiger partial charge in [0.05, 0.1) is 0 Å². The average Bonchev–Trinajstić information content (AvgIpc) is 2.14. The van der Waals surface area contributed by atoms with Gasteiger partial charge in [0, 0.05) is 0 Å². The Morgan fingerprint density at radius 1 is 1.08 bits per heavy atom. The highest BCUT2D eigenvalue weighted by atomic mass is 14.4. The van der Waals surface area contributed by atoms with Gasteiger partial charge in [0.2, 0.25) is 0 Å². The molecular weight excluding hydrogens is 156 g/mol. The van der Waals surface area contributed by atoms with Crippen LogP contribution in [0.1, 0.15) is 59.8 Å². The van der Waals surface area contributed by atoms with Crippen molar-refractivity contribution in [2.24, 2.45) is 23.7 Å². The smallest absolute Gasteiger partial charge is 0.0358 e. The largest absolute Gasteiger partial charge is 0.0654 e. The van der Waals surface area contributed by atoms with Crippen LogP contribution >= 0.6 is 0 Å². The molecule has 0 saturated heterocycles. The first-order valence-corrected chi connectivity index (χ1v) is 6.20. The second kappa shape index (κ2) is 5.02. The molecule has 78 valence electrons. The van der Waals surface area contributed by atoms with E-state index in [4.69, 9.17) is 0 Å². The minimum absolute atomic E-state index is 0.971. The van der Waals surface area contributed by atoms with Gasteiger partial charge in [-0.25, -0.2) is 0 Å². The maximum atomic E-state index is 2.48. The van der Waals surface area contributed by atoms with Crippen molar-refractivity contribution in [3.8, 4) is 0 Å². The highest BCUT2D eigenvalue weighted by Gasteiger charge is 2.32. The van der Waals surface area contributed by atoms with Gasteiger partial charge in [-0.3, -0.25) is 0 Å². The molecular formula is C13H26. The van der Waals surface area contributed by atoms with Crippen LogP contribution in [0.2, 0.25) is 0 Å². The normalized spacial score (nSPS) is 40.6. The van der Waals surface area contributed by atoms with Gasteiger partial charge in [-0.05, 0) is 30.1 Å². The Morgan fingerprint density at radius 2 is 1.77 bits per heavy atom. The third-order valence-electron chi connectivity index (χ3n) is 4.32. The third-order valence-corrected chi connectivity index (χ3v) is 4.32. The molecule has 1 aliphatic rings. The van der Waals surface area contributed by atoms with E-state index in [9.17, 15) is 0 Å². The summed E-state index contributed by atoms with van der Waals surface area (Å²) in [5.41, 5.74) is 0. The Labute approximate surface area is 84.1 Å². The first-order chi connectivity index (χ1) is 6.20. The predicted molar refractivity (Wildman–Crippen MR) is 59.7 cm³/mol. The van der Waals surface area contributed by atoms with Gasteiger partial charge in [0.15, 0.2) is 0 Å². The highest BCUT2D eigenvalue weighted by Crippen LogP contribution is 2.42. The predicted octanol–water partition coefficient (Wildman–Crippen LogP) is 4.49. The number of hydrogen-bond donors (Lipinski definition) is 0. The van der Waals surface area contributed by atoms with Crippen LogP contribution < -0.4 is 0 Å². The van der Waals surface area contributed by atoms with Crippen molar-refractivity contribution in [2.75, 3.05) is 0 Å². The fourth-order valence-corrected chi connectivity index (χ4v) is 3.14. The van der Waals surface area contributed by atoms with E-state index in [0.717, 1.165) is 23.7 Å². The van der Waals surface area contributed by atoms with Crippen LogP contribution in [-0.4, -0.2) is 0 Å². The number of hydrogen-bond acceptors (Lipinski definition) is 0.